The van der Waals surface area contributed by atoms with Gasteiger partial charge in [-0.3, -0.25) is 4.79 Å². The number of carbonyl (C=O) groups excluding carboxylic acids is 1. The first-order valence-corrected chi connectivity index (χ1v) is 7.02. The maximum atomic E-state index is 12.4. The van der Waals surface area contributed by atoms with Crippen LogP contribution in [0.25, 0.3) is 11.0 Å². The molecule has 25 heavy (non-hydrogen) atoms. The number of para-hydroxylation sites is 3. The number of anilines is 1. The van der Waals surface area contributed by atoms with Crippen molar-refractivity contribution in [3.63, 3.8) is 0 Å². The summed E-state index contributed by atoms with van der Waals surface area (Å²) in [5.41, 5.74) is -1.16. The molecule has 2 aromatic carbocycles. The van der Waals surface area contributed by atoms with Gasteiger partial charge < -0.3 is 14.5 Å². The Bertz CT molecular complexity index is 995. The number of benzene rings is 2. The molecule has 0 bridgehead atoms. The molecule has 5 nitrogen and oxygen atoms in total. The predicted octanol–water partition coefficient (Wildman–Crippen LogP) is 3.94. The molecule has 0 unspecified atom stereocenters. The summed E-state index contributed by atoms with van der Waals surface area (Å²) in [6.45, 7) is 0. The zero-order valence-electron chi connectivity index (χ0n) is 12.5. The lowest BCUT2D eigenvalue weighted by Gasteiger charge is -2.13. The van der Waals surface area contributed by atoms with E-state index in [2.05, 4.69) is 10.1 Å². The van der Waals surface area contributed by atoms with Gasteiger partial charge in [0.25, 0.3) is 5.91 Å². The Morgan fingerprint density at radius 3 is 2.48 bits per heavy atom. The van der Waals surface area contributed by atoms with Crippen molar-refractivity contribution in [2.45, 2.75) is 6.36 Å². The van der Waals surface area contributed by atoms with Gasteiger partial charge >= 0.3 is 12.0 Å². The van der Waals surface area contributed by atoms with Crippen LogP contribution in [-0.4, -0.2) is 12.3 Å². The van der Waals surface area contributed by atoms with Gasteiger partial charge in [0.2, 0.25) is 0 Å². The first kappa shape index (κ1) is 16.6. The van der Waals surface area contributed by atoms with E-state index in [0.717, 1.165) is 6.07 Å². The van der Waals surface area contributed by atoms with Gasteiger partial charge in [-0.25, -0.2) is 4.79 Å². The van der Waals surface area contributed by atoms with Crippen molar-refractivity contribution in [3.05, 3.63) is 70.6 Å². The first-order chi connectivity index (χ1) is 11.8. The lowest BCUT2D eigenvalue weighted by atomic mass is 10.1. The number of rotatable bonds is 3. The summed E-state index contributed by atoms with van der Waals surface area (Å²) in [4.78, 5) is 24.2. The highest BCUT2D eigenvalue weighted by Gasteiger charge is 2.32. The van der Waals surface area contributed by atoms with E-state index >= 15 is 0 Å². The predicted molar refractivity (Wildman–Crippen MR) is 83.6 cm³/mol. The summed E-state index contributed by atoms with van der Waals surface area (Å²) in [5.74, 6) is -1.49. The summed E-state index contributed by atoms with van der Waals surface area (Å²) >= 11 is 0. The first-order valence-electron chi connectivity index (χ1n) is 7.02. The number of halogens is 3. The summed E-state index contributed by atoms with van der Waals surface area (Å²) in [6.07, 6.45) is -4.91. The molecule has 1 N–H and O–H groups in total. The third-order valence-electron chi connectivity index (χ3n) is 3.25. The van der Waals surface area contributed by atoms with Gasteiger partial charge in [0.05, 0.1) is 5.69 Å². The molecule has 0 saturated heterocycles. The molecular formula is C17H10F3NO4. The van der Waals surface area contributed by atoms with Gasteiger partial charge in [0.1, 0.15) is 11.1 Å². The van der Waals surface area contributed by atoms with Gasteiger partial charge in [-0.1, -0.05) is 30.3 Å². The Morgan fingerprint density at radius 2 is 1.72 bits per heavy atom. The molecule has 0 radical (unpaired) electrons. The quantitative estimate of drug-likeness (QED) is 0.727. The van der Waals surface area contributed by atoms with Crippen LogP contribution in [0.3, 0.4) is 0 Å². The Hall–Kier alpha value is -3.29. The molecule has 0 aliphatic heterocycles. The number of hydrogen-bond donors (Lipinski definition) is 1. The van der Waals surface area contributed by atoms with Gasteiger partial charge in [-0.2, -0.15) is 0 Å². The molecule has 0 atom stereocenters. The van der Waals surface area contributed by atoms with Crippen molar-refractivity contribution in [3.8, 4) is 5.75 Å². The van der Waals surface area contributed by atoms with Crippen molar-refractivity contribution >= 4 is 22.6 Å². The zero-order valence-corrected chi connectivity index (χ0v) is 12.5. The second kappa shape index (κ2) is 6.31. The molecule has 3 aromatic rings. The number of nitrogens with one attached hydrogen (secondary N) is 1. The molecule has 0 fully saturated rings. The monoisotopic (exact) mass is 349 g/mol. The molecule has 0 spiro atoms. The topological polar surface area (TPSA) is 68.5 Å². The van der Waals surface area contributed by atoms with Crippen LogP contribution in [-0.2, 0) is 0 Å². The van der Waals surface area contributed by atoms with E-state index in [1.165, 1.54) is 24.3 Å². The highest BCUT2D eigenvalue weighted by Crippen LogP contribution is 2.30. The van der Waals surface area contributed by atoms with Crippen LogP contribution in [0.5, 0.6) is 5.75 Å². The molecule has 0 aliphatic carbocycles. The van der Waals surface area contributed by atoms with Gasteiger partial charge in [-0.05, 0) is 24.3 Å². The van der Waals surface area contributed by atoms with Crippen molar-refractivity contribution in [1.82, 2.24) is 0 Å². The van der Waals surface area contributed by atoms with Gasteiger partial charge in [0.15, 0.2) is 5.75 Å². The van der Waals surface area contributed by atoms with Crippen molar-refractivity contribution < 1.29 is 27.1 Å². The van der Waals surface area contributed by atoms with Crippen molar-refractivity contribution in [1.29, 1.82) is 0 Å². The van der Waals surface area contributed by atoms with Gasteiger partial charge in [-0.15, -0.1) is 13.2 Å². The maximum Gasteiger partial charge on any atom is 0.573 e. The number of amides is 1. The standard InChI is InChI=1S/C17H10F3NO4/c18-17(19,20)25-14-8-4-2-6-12(14)21-15(22)11-9-10-5-1-3-7-13(10)24-16(11)23/h1-9H,(H,21,22). The molecule has 1 heterocycles. The average molecular weight is 349 g/mol. The molecule has 1 aromatic heterocycles. The summed E-state index contributed by atoms with van der Waals surface area (Å²) in [6, 6.07) is 12.9. The second-order valence-corrected chi connectivity index (χ2v) is 4.98. The molecule has 1 amide bonds. The van der Waals surface area contributed by atoms with E-state index in [4.69, 9.17) is 4.42 Å². The average Bonchev–Trinajstić information content (AvgIpc) is 2.54. The van der Waals surface area contributed by atoms with E-state index in [-0.39, 0.29) is 11.3 Å². The number of alkyl halides is 3. The van der Waals surface area contributed by atoms with E-state index in [0.29, 0.717) is 11.0 Å². The largest absolute Gasteiger partial charge is 0.573 e. The highest BCUT2D eigenvalue weighted by atomic mass is 19.4. The Labute approximate surface area is 138 Å². The molecular weight excluding hydrogens is 339 g/mol. The van der Waals surface area contributed by atoms with Crippen LogP contribution in [0, 0.1) is 0 Å². The normalized spacial score (nSPS) is 11.3. The molecule has 0 aliphatic rings. The lowest BCUT2D eigenvalue weighted by Crippen LogP contribution is -2.22. The molecule has 8 heteroatoms. The van der Waals surface area contributed by atoms with Crippen molar-refractivity contribution in [2.75, 3.05) is 5.32 Å². The summed E-state index contributed by atoms with van der Waals surface area (Å²) in [7, 11) is 0. The zero-order chi connectivity index (χ0) is 18.0. The van der Waals surface area contributed by atoms with E-state index in [1.54, 1.807) is 24.3 Å². The third-order valence-corrected chi connectivity index (χ3v) is 3.25. The SMILES string of the molecule is O=C(Nc1ccccc1OC(F)(F)F)c1cc2ccccc2oc1=O. The van der Waals surface area contributed by atoms with Crippen LogP contribution >= 0.6 is 0 Å². The molecule has 128 valence electrons. The Kier molecular flexibility index (Phi) is 4.18. The lowest BCUT2D eigenvalue weighted by molar-refractivity contribution is -0.274. The number of fused-ring (bicyclic) bond motifs is 1. The van der Waals surface area contributed by atoms with Crippen LogP contribution in [0.2, 0.25) is 0 Å². The third kappa shape index (κ3) is 3.79. The highest BCUT2D eigenvalue weighted by molar-refractivity contribution is 6.06. The van der Waals surface area contributed by atoms with E-state index in [1.807, 2.05) is 0 Å². The van der Waals surface area contributed by atoms with Crippen LogP contribution in [0.4, 0.5) is 18.9 Å². The van der Waals surface area contributed by atoms with Gasteiger partial charge in [0, 0.05) is 5.39 Å². The Balaban J connectivity index is 1.93. The minimum Gasteiger partial charge on any atom is -0.422 e. The summed E-state index contributed by atoms with van der Waals surface area (Å²) < 4.78 is 46.1. The fraction of sp³-hybridized carbons (Fsp3) is 0.0588. The number of hydrogen-bond acceptors (Lipinski definition) is 4. The number of ether oxygens (including phenoxy) is 1. The maximum absolute atomic E-state index is 12.4. The fourth-order valence-electron chi connectivity index (χ4n) is 2.19. The van der Waals surface area contributed by atoms with Crippen LogP contribution in [0.15, 0.2) is 63.8 Å². The fourth-order valence-corrected chi connectivity index (χ4v) is 2.19. The number of carbonyl (C=O) groups is 1. The van der Waals surface area contributed by atoms with Crippen LogP contribution in [0.1, 0.15) is 10.4 Å². The smallest absolute Gasteiger partial charge is 0.422 e. The molecule has 0 saturated carbocycles. The van der Waals surface area contributed by atoms with Crippen LogP contribution < -0.4 is 15.7 Å². The summed E-state index contributed by atoms with van der Waals surface area (Å²) in [5, 5.41) is 2.74. The molecule has 3 rings (SSSR count). The minimum atomic E-state index is -4.91. The van der Waals surface area contributed by atoms with E-state index < -0.39 is 23.6 Å². The Morgan fingerprint density at radius 1 is 1.04 bits per heavy atom. The van der Waals surface area contributed by atoms with Crippen molar-refractivity contribution in [2.24, 2.45) is 0 Å². The second-order valence-electron chi connectivity index (χ2n) is 4.98. The minimum absolute atomic E-state index is 0.225. The van der Waals surface area contributed by atoms with E-state index in [9.17, 15) is 22.8 Å².